The molecular weight excluding hydrogens is 724 g/mol. The molecule has 15 heteroatoms. The number of carboxylic acids is 1. The Morgan fingerprint density at radius 2 is 1.89 bits per heavy atom. The Kier molecular flexibility index (Phi) is 10.6. The highest BCUT2D eigenvalue weighted by molar-refractivity contribution is 5.91. The summed E-state index contributed by atoms with van der Waals surface area (Å²) in [4.78, 5) is 26.1. The van der Waals surface area contributed by atoms with Crippen molar-refractivity contribution in [3.8, 4) is 5.69 Å². The molecule has 302 valence electrons. The third kappa shape index (κ3) is 6.65. The van der Waals surface area contributed by atoms with E-state index in [-0.39, 0.29) is 34.8 Å². The summed E-state index contributed by atoms with van der Waals surface area (Å²) in [5.41, 5.74) is 3.01. The van der Waals surface area contributed by atoms with Gasteiger partial charge in [0.15, 0.2) is 17.7 Å². The van der Waals surface area contributed by atoms with E-state index in [1.165, 1.54) is 10.5 Å². The molecule has 55 heavy (non-hydrogen) atoms. The number of piperazine rings is 1. The largest absolute Gasteiger partial charge is 0.542 e. The van der Waals surface area contributed by atoms with Gasteiger partial charge in [-0.25, -0.2) is 9.07 Å². The van der Waals surface area contributed by atoms with Crippen molar-refractivity contribution in [3.05, 3.63) is 52.6 Å². The molecular formula is C40H52F4N4O7. The lowest BCUT2D eigenvalue weighted by Gasteiger charge is -2.60. The van der Waals surface area contributed by atoms with E-state index in [0.29, 0.717) is 25.8 Å². The van der Waals surface area contributed by atoms with Crippen molar-refractivity contribution in [2.45, 2.75) is 103 Å². The SMILES string of the molecule is CCC[C@@H]1O[C@@H]2C[C@H]3[C@@H]4CCC5=Cc6c(cnn6-c6ccc(F)c(C[NH+]7CCN(C)CC7)c6)C[C@]5(C)[C@H]4[C@@H](O)C[C@]3(C)[C@]2(C(=O)CO)O1.O=C([O-])C(F)(F)F. The highest BCUT2D eigenvalue weighted by Crippen LogP contribution is 2.70. The van der Waals surface area contributed by atoms with Crippen LogP contribution < -0.4 is 10.0 Å². The van der Waals surface area contributed by atoms with E-state index in [1.54, 1.807) is 6.07 Å². The zero-order chi connectivity index (χ0) is 39.7. The number of nitrogens with one attached hydrogen (secondary N) is 1. The predicted molar refractivity (Wildman–Crippen MR) is 189 cm³/mol. The molecule has 0 spiro atoms. The number of aromatic nitrogens is 2. The zero-order valence-corrected chi connectivity index (χ0v) is 31.8. The summed E-state index contributed by atoms with van der Waals surface area (Å²) >= 11 is 0. The first-order chi connectivity index (χ1) is 26.0. The number of Topliss-reactive ketones (excluding diaryl/α,β-unsaturated/α-hetero) is 1. The Labute approximate surface area is 318 Å². The van der Waals surface area contributed by atoms with Crippen molar-refractivity contribution in [3.63, 3.8) is 0 Å². The van der Waals surface area contributed by atoms with Gasteiger partial charge in [-0.15, -0.1) is 0 Å². The van der Waals surface area contributed by atoms with E-state index in [9.17, 15) is 28.2 Å². The molecule has 6 aliphatic rings. The molecule has 0 bridgehead atoms. The van der Waals surface area contributed by atoms with Crippen LogP contribution in [-0.2, 0) is 32.0 Å². The number of hydrogen-bond donors (Lipinski definition) is 3. The van der Waals surface area contributed by atoms with Crippen LogP contribution in [0.5, 0.6) is 0 Å². The number of alkyl halides is 3. The van der Waals surface area contributed by atoms with Crippen LogP contribution in [0.1, 0.15) is 76.1 Å². The van der Waals surface area contributed by atoms with Crippen molar-refractivity contribution in [1.29, 1.82) is 0 Å². The third-order valence-corrected chi connectivity index (χ3v) is 13.9. The monoisotopic (exact) mass is 776 g/mol. The molecule has 2 aromatic rings. The lowest BCUT2D eigenvalue weighted by atomic mass is 9.45. The molecule has 0 unspecified atom stereocenters. The van der Waals surface area contributed by atoms with Gasteiger partial charge in [-0.3, -0.25) is 9.69 Å². The number of carbonyl (C=O) groups is 2. The molecule has 0 radical (unpaired) electrons. The third-order valence-electron chi connectivity index (χ3n) is 13.9. The van der Waals surface area contributed by atoms with Gasteiger partial charge in [0.05, 0.1) is 42.9 Å². The van der Waals surface area contributed by atoms with Crippen LogP contribution in [0.25, 0.3) is 11.8 Å². The van der Waals surface area contributed by atoms with E-state index >= 15 is 4.39 Å². The number of nitrogens with zero attached hydrogens (tertiary/aromatic N) is 3. The standard InChI is InChI=1S/C38H51FN4O5.C2HF3O2/c1-5-6-34-47-33-17-28-27-9-7-25-16-30-24(18-36(25,2)35(27)31(45)19-37(28,3)38(33,48-34)32(46)22-44)20-40-43(30)26-8-10-29(39)23(15-26)21-42-13-11-41(4)12-14-42;3-2(4,5)1(6)7/h8,10,15-16,20,27-28,31,33-35,44-45H,5-7,9,11-14,17-19,21-22H2,1-4H3;(H,6,7)/t27-,28-,31-,33+,34+,35+,36-,37-,38+;/m0./s1. The number of quaternary nitrogens is 1. The molecule has 2 saturated heterocycles. The smallest absolute Gasteiger partial charge is 0.430 e. The number of aliphatic hydroxyl groups is 2. The number of aliphatic hydroxyl groups excluding tert-OH is 2. The second kappa shape index (κ2) is 14.6. The minimum Gasteiger partial charge on any atom is -0.542 e. The number of carboxylic acid groups (broad SMARTS) is 1. The van der Waals surface area contributed by atoms with Crippen LogP contribution >= 0.6 is 0 Å². The van der Waals surface area contributed by atoms with E-state index in [0.717, 1.165) is 74.4 Å². The molecule has 4 aliphatic carbocycles. The van der Waals surface area contributed by atoms with Gasteiger partial charge in [-0.2, -0.15) is 18.3 Å². The molecule has 1 aromatic carbocycles. The summed E-state index contributed by atoms with van der Waals surface area (Å²) < 4.78 is 61.5. The molecule has 5 fully saturated rings. The second-order valence-corrected chi connectivity index (χ2v) is 17.1. The Hall–Kier alpha value is -3.21. The van der Waals surface area contributed by atoms with Gasteiger partial charge in [0.1, 0.15) is 24.9 Å². The lowest BCUT2D eigenvalue weighted by Crippen LogP contribution is -3.13. The van der Waals surface area contributed by atoms with Gasteiger partial charge in [0, 0.05) is 24.1 Å². The van der Waals surface area contributed by atoms with Crippen LogP contribution in [0, 0.1) is 34.4 Å². The van der Waals surface area contributed by atoms with Crippen molar-refractivity contribution in [1.82, 2.24) is 14.7 Å². The van der Waals surface area contributed by atoms with Crippen LogP contribution in [-0.4, -0.2) is 107 Å². The molecule has 3 N–H and O–H groups in total. The van der Waals surface area contributed by atoms with E-state index in [4.69, 9.17) is 24.5 Å². The Morgan fingerprint density at radius 1 is 1.18 bits per heavy atom. The maximum atomic E-state index is 15.0. The van der Waals surface area contributed by atoms with Gasteiger partial charge in [-0.05, 0) is 98.6 Å². The van der Waals surface area contributed by atoms with E-state index in [1.807, 2.05) is 23.0 Å². The Morgan fingerprint density at radius 3 is 2.55 bits per heavy atom. The maximum absolute atomic E-state index is 15.0. The number of fused-ring (bicyclic) bond motifs is 8. The van der Waals surface area contributed by atoms with Crippen LogP contribution in [0.4, 0.5) is 17.6 Å². The van der Waals surface area contributed by atoms with Crippen LogP contribution in [0.15, 0.2) is 30.0 Å². The van der Waals surface area contributed by atoms with Gasteiger partial charge in [0.2, 0.25) is 0 Å². The molecule has 0 amide bonds. The molecule has 3 heterocycles. The van der Waals surface area contributed by atoms with Gasteiger partial charge >= 0.3 is 6.18 Å². The first kappa shape index (κ1) is 40.0. The summed E-state index contributed by atoms with van der Waals surface area (Å²) in [5.74, 6) is -3.14. The summed E-state index contributed by atoms with van der Waals surface area (Å²) in [7, 11) is 2.14. The normalized spacial score (nSPS) is 35.7. The van der Waals surface area contributed by atoms with E-state index in [2.05, 4.69) is 38.8 Å². The number of halogens is 4. The summed E-state index contributed by atoms with van der Waals surface area (Å²) in [6.07, 6.45) is 2.85. The average molecular weight is 777 g/mol. The number of aliphatic carboxylic acids is 1. The first-order valence-electron chi connectivity index (χ1n) is 19.5. The Bertz CT molecular complexity index is 1830. The summed E-state index contributed by atoms with van der Waals surface area (Å²) in [5, 5.41) is 35.9. The van der Waals surface area contributed by atoms with Gasteiger partial charge in [0.25, 0.3) is 0 Å². The predicted octanol–water partition coefficient (Wildman–Crippen LogP) is 2.24. The number of ketones is 1. The average Bonchev–Trinajstić information content (AvgIpc) is 3.77. The van der Waals surface area contributed by atoms with Crippen molar-refractivity contribution in [2.24, 2.45) is 28.6 Å². The first-order valence-corrected chi connectivity index (χ1v) is 19.5. The van der Waals surface area contributed by atoms with Crippen LogP contribution in [0.3, 0.4) is 0 Å². The summed E-state index contributed by atoms with van der Waals surface area (Å²) in [6.45, 7) is 10.6. The molecule has 1 aromatic heterocycles. The molecule has 11 nitrogen and oxygen atoms in total. The number of rotatable bonds is 7. The van der Waals surface area contributed by atoms with Crippen LogP contribution in [0.2, 0.25) is 0 Å². The topological polar surface area (TPSA) is 142 Å². The quantitative estimate of drug-likeness (QED) is 0.362. The number of ether oxygens (including phenoxy) is 2. The minimum atomic E-state index is -5.19. The lowest BCUT2D eigenvalue weighted by molar-refractivity contribution is -0.918. The fourth-order valence-corrected chi connectivity index (χ4v) is 11.4. The highest BCUT2D eigenvalue weighted by Gasteiger charge is 2.75. The van der Waals surface area contributed by atoms with E-state index < -0.39 is 48.3 Å². The highest BCUT2D eigenvalue weighted by atomic mass is 19.4. The number of hydrogen-bond acceptors (Lipinski definition) is 9. The van der Waals surface area contributed by atoms with Crippen molar-refractivity contribution >= 4 is 17.8 Å². The molecule has 8 rings (SSSR count). The van der Waals surface area contributed by atoms with Crippen molar-refractivity contribution < 1.29 is 56.8 Å². The fraction of sp³-hybridized carbons (Fsp3) is 0.675. The number of allylic oxidation sites excluding steroid dienone is 1. The Balaban J connectivity index is 0.000000609. The van der Waals surface area contributed by atoms with Gasteiger partial charge in [-0.1, -0.05) is 32.8 Å². The zero-order valence-electron chi connectivity index (χ0n) is 31.8. The molecule has 3 saturated carbocycles. The number of carbonyl (C=O) groups excluding carboxylic acids is 2. The maximum Gasteiger partial charge on any atom is 0.430 e. The second-order valence-electron chi connectivity index (χ2n) is 17.1. The minimum absolute atomic E-state index is 0.0163. The molecule has 9 atom stereocenters. The number of likely N-dealkylation sites (N-methyl/N-ethyl adjacent to an activating group) is 1. The van der Waals surface area contributed by atoms with Gasteiger partial charge < -0.3 is 34.5 Å². The summed E-state index contributed by atoms with van der Waals surface area (Å²) in [6, 6.07) is 5.38. The fourth-order valence-electron chi connectivity index (χ4n) is 11.4. The number of benzene rings is 1. The van der Waals surface area contributed by atoms with Crippen molar-refractivity contribution in [2.75, 3.05) is 39.8 Å². The molecule has 2 aliphatic heterocycles.